The fraction of sp³-hybridized carbons (Fsp3) is 0.421. The van der Waals surface area contributed by atoms with E-state index in [-0.39, 0.29) is 5.91 Å². The lowest BCUT2D eigenvalue weighted by atomic mass is 10.0. The zero-order valence-electron chi connectivity index (χ0n) is 14.6. The number of nitrogens with one attached hydrogen (secondary N) is 1. The van der Waals surface area contributed by atoms with Crippen LogP contribution in [0.25, 0.3) is 10.9 Å². The molecule has 0 bridgehead atoms. The van der Waals surface area contributed by atoms with Gasteiger partial charge in [0, 0.05) is 42.8 Å². The number of aromatic amines is 1. The second-order valence-electron chi connectivity index (χ2n) is 7.14. The number of likely N-dealkylation sites (tertiary alicyclic amines) is 1. The summed E-state index contributed by atoms with van der Waals surface area (Å²) >= 11 is 0. The van der Waals surface area contributed by atoms with Crippen molar-refractivity contribution < 1.29 is 4.79 Å². The molecule has 1 fully saturated rings. The third-order valence-electron chi connectivity index (χ3n) is 5.05. The minimum absolute atomic E-state index is 0.115. The third-order valence-corrected chi connectivity index (χ3v) is 5.05. The summed E-state index contributed by atoms with van der Waals surface area (Å²) in [6, 6.07) is 8.23. The second-order valence-corrected chi connectivity index (χ2v) is 7.14. The van der Waals surface area contributed by atoms with Gasteiger partial charge >= 0.3 is 0 Å². The Labute approximate surface area is 146 Å². The highest BCUT2D eigenvalue weighted by molar-refractivity contribution is 5.98. The maximum absolute atomic E-state index is 12.8. The van der Waals surface area contributed by atoms with Gasteiger partial charge in [-0.15, -0.1) is 10.2 Å². The van der Waals surface area contributed by atoms with Gasteiger partial charge in [0.25, 0.3) is 5.91 Å². The lowest BCUT2D eigenvalue weighted by molar-refractivity contribution is 0.0787. The van der Waals surface area contributed by atoms with Crippen LogP contribution in [0.15, 0.2) is 36.8 Å². The standard InChI is InChI=1S/C19H23N5O/c1-13(2)24-12-21-22-18(24)9-14-6-8-23(11-14)19(25)16-4-3-15-5-7-20-17(15)10-16/h3-5,7,10,12-14,20H,6,8-9,11H2,1-2H3. The molecule has 25 heavy (non-hydrogen) atoms. The molecule has 1 atom stereocenters. The Morgan fingerprint density at radius 1 is 1.36 bits per heavy atom. The van der Waals surface area contributed by atoms with Crippen LogP contribution in [0.2, 0.25) is 0 Å². The van der Waals surface area contributed by atoms with Crippen LogP contribution in [0.1, 0.15) is 42.5 Å². The number of hydrogen-bond donors (Lipinski definition) is 1. The zero-order chi connectivity index (χ0) is 17.4. The van der Waals surface area contributed by atoms with Crippen LogP contribution in [-0.4, -0.2) is 43.6 Å². The van der Waals surface area contributed by atoms with Gasteiger partial charge in [0.15, 0.2) is 0 Å². The average Bonchev–Trinajstić information content (AvgIpc) is 3.34. The predicted molar refractivity (Wildman–Crippen MR) is 96.4 cm³/mol. The normalized spacial score (nSPS) is 17.7. The van der Waals surface area contributed by atoms with E-state index in [4.69, 9.17) is 0 Å². The van der Waals surface area contributed by atoms with Gasteiger partial charge in [0.05, 0.1) is 0 Å². The first-order valence-electron chi connectivity index (χ1n) is 8.86. The molecule has 3 aromatic rings. The molecule has 1 amide bonds. The van der Waals surface area contributed by atoms with E-state index in [1.54, 1.807) is 6.33 Å². The van der Waals surface area contributed by atoms with Gasteiger partial charge in [-0.1, -0.05) is 6.07 Å². The summed E-state index contributed by atoms with van der Waals surface area (Å²) < 4.78 is 2.11. The van der Waals surface area contributed by atoms with Crippen molar-refractivity contribution >= 4 is 16.8 Å². The molecule has 0 aliphatic carbocycles. The van der Waals surface area contributed by atoms with E-state index in [2.05, 4.69) is 33.6 Å². The SMILES string of the molecule is CC(C)n1cnnc1CC1CCN(C(=O)c2ccc3cc[nH]c3c2)C1. The summed E-state index contributed by atoms with van der Waals surface area (Å²) in [4.78, 5) is 17.9. The van der Waals surface area contributed by atoms with Gasteiger partial charge in [-0.2, -0.15) is 0 Å². The second kappa shape index (κ2) is 6.35. The van der Waals surface area contributed by atoms with Crippen molar-refractivity contribution in [2.24, 2.45) is 5.92 Å². The predicted octanol–water partition coefficient (Wildman–Crippen LogP) is 3.05. The molecular weight excluding hydrogens is 314 g/mol. The quantitative estimate of drug-likeness (QED) is 0.796. The minimum atomic E-state index is 0.115. The number of H-pyrrole nitrogens is 1. The smallest absolute Gasteiger partial charge is 0.253 e. The molecule has 1 saturated heterocycles. The molecule has 0 spiro atoms. The number of fused-ring (bicyclic) bond motifs is 1. The molecule has 0 radical (unpaired) electrons. The highest BCUT2D eigenvalue weighted by Crippen LogP contribution is 2.24. The van der Waals surface area contributed by atoms with Gasteiger partial charge in [-0.25, -0.2) is 0 Å². The number of aromatic nitrogens is 4. The lowest BCUT2D eigenvalue weighted by Gasteiger charge is -2.17. The molecule has 6 nitrogen and oxygen atoms in total. The molecule has 3 heterocycles. The van der Waals surface area contributed by atoms with Crippen molar-refractivity contribution in [3.63, 3.8) is 0 Å². The monoisotopic (exact) mass is 337 g/mol. The van der Waals surface area contributed by atoms with Crippen LogP contribution in [0.5, 0.6) is 0 Å². The lowest BCUT2D eigenvalue weighted by Crippen LogP contribution is -2.29. The van der Waals surface area contributed by atoms with Crippen molar-refractivity contribution in [1.29, 1.82) is 0 Å². The van der Waals surface area contributed by atoms with Gasteiger partial charge in [0.2, 0.25) is 0 Å². The number of rotatable bonds is 4. The Morgan fingerprint density at radius 2 is 2.24 bits per heavy atom. The van der Waals surface area contributed by atoms with Crippen LogP contribution in [0, 0.1) is 5.92 Å². The molecule has 0 saturated carbocycles. The van der Waals surface area contributed by atoms with Gasteiger partial charge in [-0.3, -0.25) is 4.79 Å². The molecule has 1 aromatic carbocycles. The van der Waals surface area contributed by atoms with Crippen LogP contribution in [0.4, 0.5) is 0 Å². The summed E-state index contributed by atoms with van der Waals surface area (Å²) in [6.07, 6.45) is 5.58. The Bertz CT molecular complexity index is 894. The van der Waals surface area contributed by atoms with Crippen molar-refractivity contribution in [1.82, 2.24) is 24.6 Å². The van der Waals surface area contributed by atoms with E-state index in [9.17, 15) is 4.79 Å². The first-order valence-corrected chi connectivity index (χ1v) is 8.86. The summed E-state index contributed by atoms with van der Waals surface area (Å²) in [5, 5.41) is 9.43. The molecule has 1 N–H and O–H groups in total. The average molecular weight is 337 g/mol. The van der Waals surface area contributed by atoms with Crippen molar-refractivity contribution in [3.8, 4) is 0 Å². The Balaban J connectivity index is 1.44. The number of amides is 1. The first kappa shape index (κ1) is 15.9. The van der Waals surface area contributed by atoms with E-state index in [1.165, 1.54) is 0 Å². The highest BCUT2D eigenvalue weighted by Gasteiger charge is 2.28. The van der Waals surface area contributed by atoms with Crippen molar-refractivity contribution in [3.05, 3.63) is 48.2 Å². The molecule has 1 aliphatic heterocycles. The van der Waals surface area contributed by atoms with E-state index in [0.717, 1.165) is 48.2 Å². The summed E-state index contributed by atoms with van der Waals surface area (Å²) in [7, 11) is 0. The van der Waals surface area contributed by atoms with Crippen LogP contribution < -0.4 is 0 Å². The zero-order valence-corrected chi connectivity index (χ0v) is 14.6. The molecular formula is C19H23N5O. The fourth-order valence-corrected chi connectivity index (χ4v) is 3.65. The highest BCUT2D eigenvalue weighted by atomic mass is 16.2. The molecule has 1 unspecified atom stereocenters. The Hall–Kier alpha value is -2.63. The van der Waals surface area contributed by atoms with Crippen LogP contribution >= 0.6 is 0 Å². The van der Waals surface area contributed by atoms with Gasteiger partial charge < -0.3 is 14.5 Å². The van der Waals surface area contributed by atoms with E-state index in [0.29, 0.717) is 12.0 Å². The summed E-state index contributed by atoms with van der Waals surface area (Å²) in [5.41, 5.74) is 1.76. The number of carbonyl (C=O) groups excluding carboxylic acids is 1. The van der Waals surface area contributed by atoms with Crippen LogP contribution in [-0.2, 0) is 6.42 Å². The molecule has 4 rings (SSSR count). The summed E-state index contributed by atoms with van der Waals surface area (Å²) in [5.74, 6) is 1.58. The molecule has 2 aromatic heterocycles. The number of benzene rings is 1. The summed E-state index contributed by atoms with van der Waals surface area (Å²) in [6.45, 7) is 5.86. The number of carbonyl (C=O) groups is 1. The Kier molecular flexibility index (Phi) is 4.03. The topological polar surface area (TPSA) is 66.8 Å². The number of hydrogen-bond acceptors (Lipinski definition) is 3. The van der Waals surface area contributed by atoms with E-state index in [1.807, 2.05) is 35.4 Å². The maximum Gasteiger partial charge on any atom is 0.253 e. The van der Waals surface area contributed by atoms with E-state index < -0.39 is 0 Å². The Morgan fingerprint density at radius 3 is 3.08 bits per heavy atom. The molecule has 130 valence electrons. The van der Waals surface area contributed by atoms with Gasteiger partial charge in [-0.05, 0) is 49.8 Å². The van der Waals surface area contributed by atoms with Gasteiger partial charge in [0.1, 0.15) is 12.2 Å². The fourth-order valence-electron chi connectivity index (χ4n) is 3.65. The maximum atomic E-state index is 12.8. The van der Waals surface area contributed by atoms with Crippen molar-refractivity contribution in [2.75, 3.05) is 13.1 Å². The minimum Gasteiger partial charge on any atom is -0.361 e. The largest absolute Gasteiger partial charge is 0.361 e. The molecule has 6 heteroatoms. The third kappa shape index (κ3) is 3.04. The first-order chi connectivity index (χ1) is 12.1. The van der Waals surface area contributed by atoms with Crippen molar-refractivity contribution in [2.45, 2.75) is 32.7 Å². The van der Waals surface area contributed by atoms with E-state index >= 15 is 0 Å². The number of nitrogens with zero attached hydrogens (tertiary/aromatic N) is 4. The molecule has 1 aliphatic rings. The van der Waals surface area contributed by atoms with Crippen LogP contribution in [0.3, 0.4) is 0 Å².